The Balaban J connectivity index is 1.82. The van der Waals surface area contributed by atoms with Crippen molar-refractivity contribution in [2.75, 3.05) is 13.1 Å². The molecule has 0 amide bonds. The van der Waals surface area contributed by atoms with E-state index in [1.807, 2.05) is 19.1 Å². The summed E-state index contributed by atoms with van der Waals surface area (Å²) in [5, 5.41) is 13.5. The second-order valence-electron chi connectivity index (χ2n) is 7.89. The van der Waals surface area contributed by atoms with Crippen LogP contribution in [0.5, 0.6) is 0 Å². The summed E-state index contributed by atoms with van der Waals surface area (Å²) in [6, 6.07) is 20.9. The van der Waals surface area contributed by atoms with Gasteiger partial charge in [0.2, 0.25) is 0 Å². The molecule has 0 spiro atoms. The van der Waals surface area contributed by atoms with Crippen LogP contribution < -0.4 is 5.32 Å². The lowest BCUT2D eigenvalue weighted by atomic mass is 9.72. The van der Waals surface area contributed by atoms with E-state index in [9.17, 15) is 9.90 Å². The largest absolute Gasteiger partial charge is 0.480 e. The van der Waals surface area contributed by atoms with Crippen molar-refractivity contribution < 1.29 is 9.90 Å². The molecule has 150 valence electrons. The molecule has 3 rings (SSSR count). The molecule has 1 aliphatic carbocycles. The standard InChI is InChI=1S/C24H32N2O2/c1-2-25-24(23(27)28)16-10-9-15-22(24)19-26(17-20-11-5-3-6-12-20)18-21-13-7-4-8-14-21/h3-8,11-14,22,25H,2,9-10,15-19H2,1H3,(H,27,28)/t22-,24+/m0/s1. The van der Waals surface area contributed by atoms with Gasteiger partial charge in [0.05, 0.1) is 0 Å². The minimum absolute atomic E-state index is 0.103. The summed E-state index contributed by atoms with van der Waals surface area (Å²) in [6.45, 7) is 5.12. The highest BCUT2D eigenvalue weighted by atomic mass is 16.4. The van der Waals surface area contributed by atoms with E-state index in [4.69, 9.17) is 0 Å². The molecule has 28 heavy (non-hydrogen) atoms. The fourth-order valence-corrected chi connectivity index (χ4v) is 4.58. The van der Waals surface area contributed by atoms with Crippen molar-refractivity contribution >= 4 is 5.97 Å². The van der Waals surface area contributed by atoms with Gasteiger partial charge in [0.25, 0.3) is 0 Å². The van der Waals surface area contributed by atoms with Gasteiger partial charge < -0.3 is 10.4 Å². The lowest BCUT2D eigenvalue weighted by Gasteiger charge is -2.43. The zero-order valence-electron chi connectivity index (χ0n) is 16.8. The van der Waals surface area contributed by atoms with Crippen LogP contribution in [0.25, 0.3) is 0 Å². The van der Waals surface area contributed by atoms with Crippen molar-refractivity contribution in [3.8, 4) is 0 Å². The van der Waals surface area contributed by atoms with Crippen molar-refractivity contribution in [2.45, 2.75) is 51.2 Å². The number of likely N-dealkylation sites (N-methyl/N-ethyl adjacent to an activating group) is 1. The summed E-state index contributed by atoms with van der Waals surface area (Å²) in [4.78, 5) is 14.7. The molecule has 2 atom stereocenters. The fourth-order valence-electron chi connectivity index (χ4n) is 4.58. The summed E-state index contributed by atoms with van der Waals surface area (Å²) in [7, 11) is 0. The zero-order valence-corrected chi connectivity index (χ0v) is 16.8. The highest BCUT2D eigenvalue weighted by Gasteiger charge is 2.47. The van der Waals surface area contributed by atoms with Gasteiger partial charge >= 0.3 is 5.97 Å². The molecule has 2 N–H and O–H groups in total. The van der Waals surface area contributed by atoms with Crippen LogP contribution in [0.1, 0.15) is 43.7 Å². The Kier molecular flexibility index (Phi) is 7.24. The third kappa shape index (κ3) is 5.00. The van der Waals surface area contributed by atoms with Crippen molar-refractivity contribution in [1.29, 1.82) is 0 Å². The topological polar surface area (TPSA) is 52.6 Å². The Morgan fingerprint density at radius 3 is 2.11 bits per heavy atom. The number of nitrogens with one attached hydrogen (secondary N) is 1. The number of rotatable bonds is 9. The predicted molar refractivity (Wildman–Crippen MR) is 113 cm³/mol. The normalized spacial score (nSPS) is 22.3. The maximum atomic E-state index is 12.3. The van der Waals surface area contributed by atoms with Crippen molar-refractivity contribution in [1.82, 2.24) is 10.2 Å². The Morgan fingerprint density at radius 2 is 1.61 bits per heavy atom. The van der Waals surface area contributed by atoms with Crippen molar-refractivity contribution in [3.63, 3.8) is 0 Å². The first-order chi connectivity index (χ1) is 13.6. The second kappa shape index (κ2) is 9.85. The molecule has 1 aliphatic rings. The van der Waals surface area contributed by atoms with E-state index < -0.39 is 11.5 Å². The van der Waals surface area contributed by atoms with E-state index in [1.54, 1.807) is 0 Å². The molecule has 2 aromatic carbocycles. The molecule has 0 bridgehead atoms. The van der Waals surface area contributed by atoms with Crippen molar-refractivity contribution in [3.05, 3.63) is 71.8 Å². The van der Waals surface area contributed by atoms with Gasteiger partial charge in [-0.15, -0.1) is 0 Å². The molecule has 0 aromatic heterocycles. The third-order valence-electron chi connectivity index (χ3n) is 5.92. The van der Waals surface area contributed by atoms with Crippen LogP contribution in [-0.2, 0) is 17.9 Å². The van der Waals surface area contributed by atoms with Gasteiger partial charge in [-0.25, -0.2) is 0 Å². The smallest absolute Gasteiger partial charge is 0.324 e. The number of carbonyl (C=O) groups is 1. The van der Waals surface area contributed by atoms with E-state index in [0.717, 1.165) is 38.9 Å². The van der Waals surface area contributed by atoms with Gasteiger partial charge in [-0.3, -0.25) is 9.69 Å². The number of hydrogen-bond acceptors (Lipinski definition) is 3. The minimum atomic E-state index is -0.807. The van der Waals surface area contributed by atoms with Crippen LogP contribution in [0.4, 0.5) is 0 Å². The summed E-state index contributed by atoms with van der Waals surface area (Å²) >= 11 is 0. The number of nitrogens with zero attached hydrogens (tertiary/aromatic N) is 1. The van der Waals surface area contributed by atoms with Crippen LogP contribution >= 0.6 is 0 Å². The van der Waals surface area contributed by atoms with E-state index in [-0.39, 0.29) is 5.92 Å². The fraction of sp³-hybridized carbons (Fsp3) is 0.458. The first-order valence-electron chi connectivity index (χ1n) is 10.4. The summed E-state index contributed by atoms with van der Waals surface area (Å²) in [5.41, 5.74) is 1.72. The summed E-state index contributed by atoms with van der Waals surface area (Å²) in [6.07, 6.45) is 3.76. The van der Waals surface area contributed by atoms with E-state index >= 15 is 0 Å². The lowest BCUT2D eigenvalue weighted by Crippen LogP contribution is -2.61. The van der Waals surface area contributed by atoms with Gasteiger partial charge in [-0.2, -0.15) is 0 Å². The van der Waals surface area contributed by atoms with Gasteiger partial charge in [0.1, 0.15) is 5.54 Å². The Hall–Kier alpha value is -2.17. The SMILES string of the molecule is CCN[C@]1(C(=O)O)CCCC[C@H]1CN(Cc1ccccc1)Cc1ccccc1. The first kappa shape index (κ1) is 20.6. The van der Waals surface area contributed by atoms with Gasteiger partial charge in [-0.1, -0.05) is 80.4 Å². The first-order valence-corrected chi connectivity index (χ1v) is 10.4. The average molecular weight is 381 g/mol. The third-order valence-corrected chi connectivity index (χ3v) is 5.92. The maximum Gasteiger partial charge on any atom is 0.324 e. The van der Waals surface area contributed by atoms with Crippen LogP contribution in [0.2, 0.25) is 0 Å². The number of benzene rings is 2. The Labute approximate surface area is 168 Å². The van der Waals surface area contributed by atoms with Gasteiger partial charge in [0.15, 0.2) is 0 Å². The monoisotopic (exact) mass is 380 g/mol. The summed E-state index contributed by atoms with van der Waals surface area (Å²) < 4.78 is 0. The molecule has 4 nitrogen and oxygen atoms in total. The van der Waals surface area contributed by atoms with Crippen LogP contribution in [0.3, 0.4) is 0 Å². The minimum Gasteiger partial charge on any atom is -0.480 e. The molecule has 0 radical (unpaired) electrons. The zero-order chi connectivity index (χ0) is 19.8. The average Bonchev–Trinajstić information content (AvgIpc) is 2.71. The van der Waals surface area contributed by atoms with E-state index in [1.165, 1.54) is 11.1 Å². The molecule has 2 aromatic rings. The van der Waals surface area contributed by atoms with E-state index in [2.05, 4.69) is 58.7 Å². The predicted octanol–water partition coefficient (Wildman–Crippen LogP) is 4.31. The van der Waals surface area contributed by atoms with Crippen molar-refractivity contribution in [2.24, 2.45) is 5.92 Å². The number of carboxylic acids is 1. The van der Waals surface area contributed by atoms with Gasteiger partial charge in [-0.05, 0) is 30.5 Å². The highest BCUT2D eigenvalue weighted by Crippen LogP contribution is 2.35. The molecule has 0 aliphatic heterocycles. The lowest BCUT2D eigenvalue weighted by molar-refractivity contribution is -0.150. The molecule has 1 fully saturated rings. The molecular formula is C24H32N2O2. The highest BCUT2D eigenvalue weighted by molar-refractivity contribution is 5.79. The number of aliphatic carboxylic acids is 1. The Bertz CT molecular complexity index is 689. The molecule has 0 heterocycles. The Morgan fingerprint density at radius 1 is 1.04 bits per heavy atom. The second-order valence-corrected chi connectivity index (χ2v) is 7.89. The van der Waals surface area contributed by atoms with Crippen LogP contribution in [0, 0.1) is 5.92 Å². The molecule has 4 heteroatoms. The quantitative estimate of drug-likeness (QED) is 0.681. The molecule has 0 unspecified atom stereocenters. The van der Waals surface area contributed by atoms with E-state index in [0.29, 0.717) is 13.0 Å². The molecular weight excluding hydrogens is 348 g/mol. The molecule has 1 saturated carbocycles. The van der Waals surface area contributed by atoms with Crippen LogP contribution in [0.15, 0.2) is 60.7 Å². The summed E-state index contributed by atoms with van der Waals surface area (Å²) in [5.74, 6) is -0.593. The number of hydrogen-bond donors (Lipinski definition) is 2. The van der Waals surface area contributed by atoms with Gasteiger partial charge in [0, 0.05) is 25.6 Å². The number of carboxylic acid groups (broad SMARTS) is 1. The maximum absolute atomic E-state index is 12.3. The van der Waals surface area contributed by atoms with Crippen LogP contribution in [-0.4, -0.2) is 34.6 Å². The molecule has 0 saturated heterocycles.